The van der Waals surface area contributed by atoms with Crippen molar-refractivity contribution in [3.05, 3.63) is 0 Å². The average Bonchev–Trinajstić information content (AvgIpc) is 3.15. The molecule has 3 aliphatic heterocycles. The molecule has 18 atom stereocenters. The molecule has 3 saturated heterocycles. The summed E-state index contributed by atoms with van der Waals surface area (Å²) in [6.07, 6.45) is -9.49. The van der Waals surface area contributed by atoms with Crippen LogP contribution in [0.1, 0.15) is 94.9 Å². The molecule has 0 aliphatic carbocycles. The summed E-state index contributed by atoms with van der Waals surface area (Å²) in [4.78, 5) is 21.8. The Bertz CT molecular complexity index is 1300. The zero-order chi connectivity index (χ0) is 43.9. The van der Waals surface area contributed by atoms with Gasteiger partial charge in [0.05, 0.1) is 66.6 Å². The van der Waals surface area contributed by atoms with Crippen molar-refractivity contribution in [1.82, 2.24) is 4.90 Å². The predicted molar refractivity (Wildman–Crippen MR) is 212 cm³/mol. The molecule has 0 radical (unpaired) electrons. The molecule has 3 rings (SSSR count). The number of hydrogen-bond acceptors (Lipinski definition) is 17. The van der Waals surface area contributed by atoms with Gasteiger partial charge in [0, 0.05) is 44.4 Å². The minimum absolute atomic E-state index is 0.0307. The van der Waals surface area contributed by atoms with Crippen LogP contribution in [0.2, 0.25) is 0 Å². The van der Waals surface area contributed by atoms with Gasteiger partial charge in [-0.3, -0.25) is 4.79 Å². The van der Waals surface area contributed by atoms with Crippen LogP contribution in [0.25, 0.3) is 0 Å². The Morgan fingerprint density at radius 3 is 2.14 bits per heavy atom. The summed E-state index contributed by atoms with van der Waals surface area (Å²) in [6, 6.07) is -0.328. The number of oxime groups is 1. The number of carbonyl (C=O) groups is 1. The smallest absolute Gasteiger partial charge is 0.311 e. The van der Waals surface area contributed by atoms with Crippen molar-refractivity contribution in [3.63, 3.8) is 0 Å². The maximum absolute atomic E-state index is 14.3. The van der Waals surface area contributed by atoms with E-state index < -0.39 is 102 Å². The van der Waals surface area contributed by atoms with Crippen molar-refractivity contribution in [2.45, 2.75) is 179 Å². The van der Waals surface area contributed by atoms with Gasteiger partial charge in [-0.15, -0.1) is 0 Å². The Hall–Kier alpha value is -1.58. The number of ether oxygens (including phenoxy) is 8. The molecule has 0 aromatic carbocycles. The topological polar surface area (TPSA) is 217 Å². The Labute approximate surface area is 345 Å². The van der Waals surface area contributed by atoms with Crippen molar-refractivity contribution < 1.29 is 73.1 Å². The number of likely N-dealkylation sites (N-methyl/N-ethyl adjacent to an activating group) is 1. The molecule has 0 saturated carbocycles. The van der Waals surface area contributed by atoms with Crippen molar-refractivity contribution in [3.8, 4) is 0 Å². The molecule has 0 bridgehead atoms. The number of nitrogens with zero attached hydrogens (tertiary/aromatic N) is 2. The summed E-state index contributed by atoms with van der Waals surface area (Å²) in [5, 5.41) is 63.6. The van der Waals surface area contributed by atoms with Crippen molar-refractivity contribution in [2.24, 2.45) is 28.8 Å². The molecule has 0 unspecified atom stereocenters. The van der Waals surface area contributed by atoms with Crippen LogP contribution in [-0.4, -0.2) is 175 Å². The highest BCUT2D eigenvalue weighted by atomic mass is 16.7. The predicted octanol–water partition coefficient (Wildman–Crippen LogP) is 2.21. The minimum atomic E-state index is -1.97. The van der Waals surface area contributed by atoms with Crippen LogP contribution in [0.3, 0.4) is 0 Å². The number of carbonyl (C=O) groups excluding carboxylic acids is 1. The minimum Gasteiger partial charge on any atom is -0.459 e. The molecule has 17 nitrogen and oxygen atoms in total. The van der Waals surface area contributed by atoms with E-state index in [1.54, 1.807) is 55.6 Å². The first-order valence-corrected chi connectivity index (χ1v) is 20.8. The van der Waals surface area contributed by atoms with E-state index in [1.807, 2.05) is 32.8 Å². The molecule has 3 aliphatic rings. The molecule has 0 spiro atoms. The lowest BCUT2D eigenvalue weighted by atomic mass is 9.73. The zero-order valence-electron chi connectivity index (χ0n) is 37.3. The number of aliphatic hydroxyl groups excluding tert-OH is 3. The fourth-order valence-electron chi connectivity index (χ4n) is 8.93. The third-order valence-electron chi connectivity index (χ3n) is 12.6. The monoisotopic (exact) mass is 837 g/mol. The number of rotatable bonds is 13. The van der Waals surface area contributed by atoms with Crippen LogP contribution >= 0.6 is 0 Å². The highest BCUT2D eigenvalue weighted by molar-refractivity contribution is 5.88. The molecular formula is C41H76N2O15. The van der Waals surface area contributed by atoms with Gasteiger partial charge in [0.15, 0.2) is 12.6 Å². The summed E-state index contributed by atoms with van der Waals surface area (Å²) in [6.45, 7) is 17.3. The van der Waals surface area contributed by atoms with E-state index in [2.05, 4.69) is 5.16 Å². The van der Waals surface area contributed by atoms with Crippen LogP contribution in [0, 0.1) is 23.7 Å². The molecule has 0 aromatic heterocycles. The van der Waals surface area contributed by atoms with Crippen LogP contribution in [0.4, 0.5) is 0 Å². The summed E-state index contributed by atoms with van der Waals surface area (Å²) in [5.74, 6) is -4.14. The Morgan fingerprint density at radius 1 is 0.897 bits per heavy atom. The third kappa shape index (κ3) is 12.1. The summed E-state index contributed by atoms with van der Waals surface area (Å²) < 4.78 is 48.1. The Morgan fingerprint density at radius 2 is 1.55 bits per heavy atom. The van der Waals surface area contributed by atoms with Gasteiger partial charge in [0.25, 0.3) is 0 Å². The second kappa shape index (κ2) is 21.5. The number of methoxy groups -OCH3 is 2. The number of hydrogen-bond donors (Lipinski definition) is 5. The van der Waals surface area contributed by atoms with E-state index in [0.717, 1.165) is 0 Å². The first kappa shape index (κ1) is 50.8. The van der Waals surface area contributed by atoms with Crippen LogP contribution in [0.15, 0.2) is 5.16 Å². The van der Waals surface area contributed by atoms with E-state index in [4.69, 9.17) is 42.7 Å². The maximum Gasteiger partial charge on any atom is 0.311 e. The van der Waals surface area contributed by atoms with E-state index >= 15 is 0 Å². The van der Waals surface area contributed by atoms with Gasteiger partial charge in [-0.1, -0.05) is 32.9 Å². The summed E-state index contributed by atoms with van der Waals surface area (Å²) >= 11 is 0. The van der Waals surface area contributed by atoms with E-state index in [1.165, 1.54) is 14.0 Å². The van der Waals surface area contributed by atoms with E-state index in [0.29, 0.717) is 18.7 Å². The lowest BCUT2D eigenvalue weighted by Crippen LogP contribution is -2.61. The van der Waals surface area contributed by atoms with Gasteiger partial charge in [-0.25, -0.2) is 0 Å². The molecule has 3 fully saturated rings. The molecule has 17 heteroatoms. The van der Waals surface area contributed by atoms with E-state index in [9.17, 15) is 30.3 Å². The fourth-order valence-corrected chi connectivity index (χ4v) is 8.93. The first-order valence-electron chi connectivity index (χ1n) is 20.8. The van der Waals surface area contributed by atoms with Gasteiger partial charge in [-0.2, -0.15) is 0 Å². The molecule has 3 heterocycles. The second-order valence-electron chi connectivity index (χ2n) is 17.7. The number of esters is 1. The van der Waals surface area contributed by atoms with Crippen LogP contribution in [0.5, 0.6) is 0 Å². The average molecular weight is 837 g/mol. The number of cyclic esters (lactones) is 1. The Kier molecular flexibility index (Phi) is 18.8. The standard InChI is InChI=1S/C41H76N2O15/c1-15-29-41(10,49)34(45)24(4)31(42-53-21-52-17-16-50-13)22(2)19-39(8,48)36(58-38-32(44)28(43(11)12)18-23(3)54-38)25(5)33(26(6)37(47)56-29)57-30-20-40(9,51-14)35(46)27(7)55-30/h22-30,32-36,38,44-46,48-49H,15-21H2,1-14H3/b42-31+/t22-,23-,24+,25-,26-,27-,28-,29-,30-,32-,33+,34+,35-,36-,38+,39-,40+,41-/m1/s1. The van der Waals surface area contributed by atoms with Crippen molar-refractivity contribution in [1.29, 1.82) is 0 Å². The highest BCUT2D eigenvalue weighted by Crippen LogP contribution is 2.41. The maximum atomic E-state index is 14.3. The SMILES string of the molecule is CC[C@H]1OC(=O)[C@H](C)[C@@H](O[C@@H]2C[C@](C)(OC)[C@H](O)[C@@H](C)O2)[C@@H](C)[C@@H](O[C@@H]2O[C@H](C)C[C@@H](N(C)C)[C@H]2O)[C@](C)(O)C[C@@H](C)/C(=N\OCOCCOC)[C@H](C)[C@H](O)[C@]1(C)O. The quantitative estimate of drug-likeness (QED) is 0.0778. The molecule has 340 valence electrons. The normalized spacial score (nSPS) is 45.8. The largest absolute Gasteiger partial charge is 0.459 e. The zero-order valence-corrected chi connectivity index (χ0v) is 37.3. The van der Waals surface area contributed by atoms with E-state index in [-0.39, 0.29) is 44.8 Å². The van der Waals surface area contributed by atoms with Gasteiger partial charge < -0.3 is 73.2 Å². The van der Waals surface area contributed by atoms with Gasteiger partial charge in [-0.05, 0) is 74.9 Å². The van der Waals surface area contributed by atoms with Crippen LogP contribution in [-0.2, 0) is 47.5 Å². The molecule has 0 amide bonds. The molecule has 58 heavy (non-hydrogen) atoms. The third-order valence-corrected chi connectivity index (χ3v) is 12.6. The Balaban J connectivity index is 2.22. The molecular weight excluding hydrogens is 760 g/mol. The van der Waals surface area contributed by atoms with Gasteiger partial charge in [0.1, 0.15) is 23.9 Å². The highest BCUT2D eigenvalue weighted by Gasteiger charge is 2.53. The van der Waals surface area contributed by atoms with Gasteiger partial charge >= 0.3 is 5.97 Å². The molecule has 5 N–H and O–H groups in total. The van der Waals surface area contributed by atoms with Crippen molar-refractivity contribution in [2.75, 3.05) is 48.3 Å². The van der Waals surface area contributed by atoms with Gasteiger partial charge in [0.2, 0.25) is 6.79 Å². The molecule has 0 aromatic rings. The van der Waals surface area contributed by atoms with Crippen LogP contribution < -0.4 is 0 Å². The number of aliphatic hydroxyl groups is 5. The fraction of sp³-hybridized carbons (Fsp3) is 0.951. The van der Waals surface area contributed by atoms with Crippen molar-refractivity contribution >= 4 is 11.7 Å². The lowest BCUT2D eigenvalue weighted by Gasteiger charge is -2.49. The lowest BCUT2D eigenvalue weighted by molar-refractivity contribution is -0.317. The summed E-state index contributed by atoms with van der Waals surface area (Å²) in [7, 11) is 6.76. The summed E-state index contributed by atoms with van der Waals surface area (Å²) in [5.41, 5.74) is -4.49. The first-order chi connectivity index (χ1) is 27.0. The second-order valence-corrected chi connectivity index (χ2v) is 17.7.